The van der Waals surface area contributed by atoms with Gasteiger partial charge in [-0.25, -0.2) is 0 Å². The summed E-state index contributed by atoms with van der Waals surface area (Å²) in [6.07, 6.45) is 5.69. The average molecular weight is 431 g/mol. The molecule has 0 aromatic heterocycles. The summed E-state index contributed by atoms with van der Waals surface area (Å²) in [5.41, 5.74) is 11.3. The predicted molar refractivity (Wildman–Crippen MR) is 137 cm³/mol. The number of phenols is 2. The van der Waals surface area contributed by atoms with Gasteiger partial charge in [-0.3, -0.25) is 0 Å². The van der Waals surface area contributed by atoms with E-state index in [1.54, 1.807) is 18.2 Å². The Morgan fingerprint density at radius 1 is 0.667 bits per heavy atom. The number of aromatic hydroxyl groups is 2. The Morgan fingerprint density at radius 2 is 1.27 bits per heavy atom. The van der Waals surface area contributed by atoms with E-state index in [2.05, 4.69) is 61.7 Å². The van der Waals surface area contributed by atoms with E-state index < -0.39 is 0 Å². The van der Waals surface area contributed by atoms with Crippen LogP contribution in [0.4, 0.5) is 0 Å². The number of fused-ring (bicyclic) bond motifs is 3. The van der Waals surface area contributed by atoms with E-state index in [0.29, 0.717) is 12.8 Å². The first-order valence-corrected chi connectivity index (χ1v) is 11.2. The summed E-state index contributed by atoms with van der Waals surface area (Å²) in [4.78, 5) is 0. The van der Waals surface area contributed by atoms with Gasteiger partial charge in [0.25, 0.3) is 0 Å². The van der Waals surface area contributed by atoms with Crippen LogP contribution in [-0.2, 0) is 19.3 Å². The van der Waals surface area contributed by atoms with Crippen LogP contribution >= 0.6 is 0 Å². The van der Waals surface area contributed by atoms with Crippen LogP contribution in [0, 0.1) is 0 Å². The molecule has 0 unspecified atom stereocenters. The van der Waals surface area contributed by atoms with E-state index in [4.69, 9.17) is 0 Å². The van der Waals surface area contributed by atoms with Crippen LogP contribution < -0.4 is 0 Å². The molecule has 4 aromatic carbocycles. The maximum Gasteiger partial charge on any atom is 0.119 e. The van der Waals surface area contributed by atoms with E-state index >= 15 is 0 Å². The predicted octanol–water partition coefficient (Wildman–Crippen LogP) is 7.46. The van der Waals surface area contributed by atoms with Crippen molar-refractivity contribution in [2.75, 3.05) is 0 Å². The molecule has 2 nitrogen and oxygen atoms in total. The maximum atomic E-state index is 10.4. The summed E-state index contributed by atoms with van der Waals surface area (Å²) < 4.78 is 0. The van der Waals surface area contributed by atoms with Crippen molar-refractivity contribution in [3.63, 3.8) is 0 Å². The lowest BCUT2D eigenvalue weighted by atomic mass is 9.86. The quantitative estimate of drug-likeness (QED) is 0.275. The monoisotopic (exact) mass is 430 g/mol. The van der Waals surface area contributed by atoms with Crippen LogP contribution in [-0.4, -0.2) is 10.2 Å². The standard InChI is InChI=1S/C31H26O2/c1-3-7-22-17-21(11-15-29(22)32)26-13-14-27-25-10-6-5-9-20(25)19-28(27)31(26)24-12-16-30(33)23(18-24)8-4-2/h3-6,9-18,32-33H,1-2,7-8,19H2. The number of rotatable bonds is 6. The molecule has 0 amide bonds. The zero-order valence-corrected chi connectivity index (χ0v) is 18.5. The van der Waals surface area contributed by atoms with E-state index in [9.17, 15) is 10.2 Å². The Labute approximate surface area is 194 Å². The van der Waals surface area contributed by atoms with E-state index in [0.717, 1.165) is 34.2 Å². The summed E-state index contributed by atoms with van der Waals surface area (Å²) in [6.45, 7) is 7.67. The molecule has 0 fully saturated rings. The minimum atomic E-state index is 0.284. The molecule has 162 valence electrons. The van der Waals surface area contributed by atoms with Crippen LogP contribution in [0.2, 0.25) is 0 Å². The molecule has 0 atom stereocenters. The fourth-order valence-electron chi connectivity index (χ4n) is 4.91. The first-order valence-electron chi connectivity index (χ1n) is 11.2. The second-order valence-electron chi connectivity index (χ2n) is 8.52. The fraction of sp³-hybridized carbons (Fsp3) is 0.0968. The molecule has 0 bridgehead atoms. The van der Waals surface area contributed by atoms with Crippen molar-refractivity contribution in [2.45, 2.75) is 19.3 Å². The lowest BCUT2D eigenvalue weighted by molar-refractivity contribution is 0.469. The van der Waals surface area contributed by atoms with Gasteiger partial charge in [0.05, 0.1) is 0 Å². The van der Waals surface area contributed by atoms with Gasteiger partial charge in [-0.1, -0.05) is 60.7 Å². The van der Waals surface area contributed by atoms with E-state index in [-0.39, 0.29) is 11.5 Å². The average Bonchev–Trinajstić information content (AvgIpc) is 3.20. The molecule has 4 aromatic rings. The maximum absolute atomic E-state index is 10.4. The normalized spacial score (nSPS) is 11.6. The van der Waals surface area contributed by atoms with Gasteiger partial charge < -0.3 is 10.2 Å². The van der Waals surface area contributed by atoms with Gasteiger partial charge >= 0.3 is 0 Å². The highest BCUT2D eigenvalue weighted by Crippen LogP contribution is 2.46. The molecule has 2 heteroatoms. The molecule has 0 aliphatic heterocycles. The Balaban J connectivity index is 1.78. The van der Waals surface area contributed by atoms with Crippen molar-refractivity contribution in [3.8, 4) is 44.9 Å². The molecular weight excluding hydrogens is 404 g/mol. The van der Waals surface area contributed by atoms with Crippen molar-refractivity contribution >= 4 is 0 Å². The van der Waals surface area contributed by atoms with Crippen molar-refractivity contribution in [1.82, 2.24) is 0 Å². The zero-order chi connectivity index (χ0) is 22.9. The molecule has 0 saturated heterocycles. The van der Waals surface area contributed by atoms with Crippen molar-refractivity contribution in [3.05, 3.63) is 120 Å². The van der Waals surface area contributed by atoms with E-state index in [1.165, 1.54) is 27.8 Å². The summed E-state index contributed by atoms with van der Waals surface area (Å²) in [7, 11) is 0. The number of allylic oxidation sites excluding steroid dienone is 2. The highest BCUT2D eigenvalue weighted by molar-refractivity contribution is 5.94. The highest BCUT2D eigenvalue weighted by Gasteiger charge is 2.24. The van der Waals surface area contributed by atoms with Gasteiger partial charge in [0.1, 0.15) is 11.5 Å². The molecule has 0 heterocycles. The zero-order valence-electron chi connectivity index (χ0n) is 18.5. The molecule has 2 N–H and O–H groups in total. The lowest BCUT2D eigenvalue weighted by Crippen LogP contribution is -1.95. The van der Waals surface area contributed by atoms with Gasteiger partial charge in [0.2, 0.25) is 0 Å². The Kier molecular flexibility index (Phi) is 5.35. The summed E-state index contributed by atoms with van der Waals surface area (Å²) >= 11 is 0. The third-order valence-corrected chi connectivity index (χ3v) is 6.47. The first-order chi connectivity index (χ1) is 16.1. The van der Waals surface area contributed by atoms with Crippen molar-refractivity contribution in [2.24, 2.45) is 0 Å². The van der Waals surface area contributed by atoms with Gasteiger partial charge in [-0.15, -0.1) is 13.2 Å². The van der Waals surface area contributed by atoms with E-state index in [1.807, 2.05) is 18.2 Å². The smallest absolute Gasteiger partial charge is 0.119 e. The molecule has 0 spiro atoms. The van der Waals surface area contributed by atoms with Crippen LogP contribution in [0.25, 0.3) is 33.4 Å². The fourth-order valence-corrected chi connectivity index (χ4v) is 4.91. The minimum absolute atomic E-state index is 0.284. The SMILES string of the molecule is C=CCc1cc(-c2ccc3c(c2-c2ccc(O)c(CC=C)c2)Cc2ccccc2-3)ccc1O. The third kappa shape index (κ3) is 3.64. The molecule has 33 heavy (non-hydrogen) atoms. The van der Waals surface area contributed by atoms with Crippen molar-refractivity contribution < 1.29 is 10.2 Å². The van der Waals surface area contributed by atoms with Gasteiger partial charge in [-0.05, 0) is 99.2 Å². The second kappa shape index (κ2) is 8.48. The Hall–Kier alpha value is -4.04. The van der Waals surface area contributed by atoms with Gasteiger partial charge in [-0.2, -0.15) is 0 Å². The molecular formula is C31H26O2. The molecule has 0 saturated carbocycles. The number of benzene rings is 4. The van der Waals surface area contributed by atoms with Gasteiger partial charge in [0, 0.05) is 0 Å². The molecule has 1 aliphatic rings. The topological polar surface area (TPSA) is 40.5 Å². The van der Waals surface area contributed by atoms with Crippen LogP contribution in [0.1, 0.15) is 22.3 Å². The van der Waals surface area contributed by atoms with Crippen LogP contribution in [0.5, 0.6) is 11.5 Å². The van der Waals surface area contributed by atoms with Crippen LogP contribution in [0.3, 0.4) is 0 Å². The van der Waals surface area contributed by atoms with Gasteiger partial charge in [0.15, 0.2) is 0 Å². The second-order valence-corrected chi connectivity index (χ2v) is 8.52. The highest BCUT2D eigenvalue weighted by atomic mass is 16.3. The summed E-state index contributed by atoms with van der Waals surface area (Å²) in [5.74, 6) is 0.570. The minimum Gasteiger partial charge on any atom is -0.508 e. The largest absolute Gasteiger partial charge is 0.508 e. The third-order valence-electron chi connectivity index (χ3n) is 6.47. The molecule has 5 rings (SSSR count). The lowest BCUT2D eigenvalue weighted by Gasteiger charge is -2.18. The van der Waals surface area contributed by atoms with Crippen LogP contribution in [0.15, 0.2) is 98.1 Å². The Morgan fingerprint density at radius 3 is 1.97 bits per heavy atom. The number of phenolic OH excluding ortho intramolecular Hbond substituents is 2. The van der Waals surface area contributed by atoms with Crippen molar-refractivity contribution in [1.29, 1.82) is 0 Å². The number of hydrogen-bond donors (Lipinski definition) is 2. The first kappa shape index (κ1) is 20.8. The molecule has 0 radical (unpaired) electrons. The summed E-state index contributed by atoms with van der Waals surface area (Å²) in [6, 6.07) is 24.6. The summed E-state index contributed by atoms with van der Waals surface area (Å²) in [5, 5.41) is 20.7. The Bertz CT molecular complexity index is 1390. The molecule has 1 aliphatic carbocycles. The number of hydrogen-bond acceptors (Lipinski definition) is 2.